The first kappa shape index (κ1) is 20.5. The molecule has 2 aliphatic rings. The summed E-state index contributed by atoms with van der Waals surface area (Å²) in [4.78, 5) is 6.98. The summed E-state index contributed by atoms with van der Waals surface area (Å²) in [5.74, 6) is 0.679. The summed E-state index contributed by atoms with van der Waals surface area (Å²) < 4.78 is 23.1. The average molecular weight is 379 g/mol. The number of ether oxygens (including phenoxy) is 4. The molecule has 0 saturated carbocycles. The highest BCUT2D eigenvalue weighted by Crippen LogP contribution is 2.36. The van der Waals surface area contributed by atoms with Crippen molar-refractivity contribution in [2.45, 2.75) is 63.9 Å². The van der Waals surface area contributed by atoms with E-state index in [1.807, 2.05) is 12.1 Å². The molecule has 1 spiro atoms. The Labute approximate surface area is 163 Å². The third kappa shape index (κ3) is 6.14. The van der Waals surface area contributed by atoms with Crippen molar-refractivity contribution in [2.75, 3.05) is 40.0 Å². The molecule has 152 valence electrons. The SMILES string of the molecule is COc1cccc(CN2CCC3(CC2)CC(OCCOC(C)C)CCO3)n1. The highest BCUT2D eigenvalue weighted by atomic mass is 16.5. The van der Waals surface area contributed by atoms with Crippen LogP contribution in [0.15, 0.2) is 18.2 Å². The lowest BCUT2D eigenvalue weighted by Crippen LogP contribution is -2.50. The molecule has 1 unspecified atom stereocenters. The predicted molar refractivity (Wildman–Crippen MR) is 104 cm³/mol. The number of hydrogen-bond donors (Lipinski definition) is 0. The highest BCUT2D eigenvalue weighted by molar-refractivity contribution is 5.15. The number of piperidine rings is 1. The lowest BCUT2D eigenvalue weighted by atomic mass is 9.83. The van der Waals surface area contributed by atoms with Crippen LogP contribution in [0.2, 0.25) is 0 Å². The van der Waals surface area contributed by atoms with Crippen molar-refractivity contribution in [1.29, 1.82) is 0 Å². The third-order valence-electron chi connectivity index (χ3n) is 5.48. The molecule has 0 bridgehead atoms. The molecule has 3 rings (SSSR count). The van der Waals surface area contributed by atoms with Gasteiger partial charge in [0.2, 0.25) is 5.88 Å². The Kier molecular flexibility index (Phi) is 7.47. The summed E-state index contributed by atoms with van der Waals surface area (Å²) in [6, 6.07) is 5.95. The van der Waals surface area contributed by atoms with Crippen molar-refractivity contribution in [1.82, 2.24) is 9.88 Å². The van der Waals surface area contributed by atoms with Gasteiger partial charge in [0.1, 0.15) is 0 Å². The van der Waals surface area contributed by atoms with Crippen molar-refractivity contribution in [3.63, 3.8) is 0 Å². The first-order valence-corrected chi connectivity index (χ1v) is 10.2. The standard InChI is InChI=1S/C21H34N2O4/c1-17(2)25-13-14-26-19-7-12-27-21(15-19)8-10-23(11-9-21)16-18-5-4-6-20(22-18)24-3/h4-6,17,19H,7-16H2,1-3H3. The maximum atomic E-state index is 6.24. The second kappa shape index (κ2) is 9.82. The van der Waals surface area contributed by atoms with E-state index >= 15 is 0 Å². The fourth-order valence-electron chi connectivity index (χ4n) is 3.98. The van der Waals surface area contributed by atoms with Gasteiger partial charge in [-0.2, -0.15) is 0 Å². The fourth-order valence-corrected chi connectivity index (χ4v) is 3.98. The monoisotopic (exact) mass is 378 g/mol. The van der Waals surface area contributed by atoms with Crippen LogP contribution in [-0.4, -0.2) is 67.7 Å². The van der Waals surface area contributed by atoms with Gasteiger partial charge in [-0.05, 0) is 39.2 Å². The number of methoxy groups -OCH3 is 1. The molecule has 1 atom stereocenters. The zero-order chi connectivity index (χ0) is 19.1. The van der Waals surface area contributed by atoms with Crippen molar-refractivity contribution in [3.8, 4) is 5.88 Å². The summed E-state index contributed by atoms with van der Waals surface area (Å²) in [6.07, 6.45) is 4.65. The number of hydrogen-bond acceptors (Lipinski definition) is 6. The lowest BCUT2D eigenvalue weighted by molar-refractivity contribution is -0.159. The molecule has 0 radical (unpaired) electrons. The van der Waals surface area contributed by atoms with Crippen molar-refractivity contribution in [2.24, 2.45) is 0 Å². The molecule has 27 heavy (non-hydrogen) atoms. The number of nitrogens with zero attached hydrogens (tertiary/aromatic N) is 2. The molecule has 0 amide bonds. The third-order valence-corrected chi connectivity index (χ3v) is 5.48. The summed E-state index contributed by atoms with van der Waals surface area (Å²) in [5, 5.41) is 0. The first-order valence-electron chi connectivity index (χ1n) is 10.2. The smallest absolute Gasteiger partial charge is 0.213 e. The molecule has 3 heterocycles. The van der Waals surface area contributed by atoms with Gasteiger partial charge in [0.15, 0.2) is 0 Å². The van der Waals surface area contributed by atoms with Gasteiger partial charge in [-0.25, -0.2) is 4.98 Å². The van der Waals surface area contributed by atoms with E-state index < -0.39 is 0 Å². The van der Waals surface area contributed by atoms with Crippen LogP contribution in [0.5, 0.6) is 5.88 Å². The van der Waals surface area contributed by atoms with E-state index in [-0.39, 0.29) is 11.7 Å². The van der Waals surface area contributed by atoms with Gasteiger partial charge in [0.05, 0.1) is 43.8 Å². The Morgan fingerprint density at radius 2 is 2.07 bits per heavy atom. The zero-order valence-corrected chi connectivity index (χ0v) is 17.0. The van der Waals surface area contributed by atoms with Gasteiger partial charge in [0.25, 0.3) is 0 Å². The highest BCUT2D eigenvalue weighted by Gasteiger charge is 2.40. The predicted octanol–water partition coefficient (Wildman–Crippen LogP) is 3.05. The van der Waals surface area contributed by atoms with Crippen LogP contribution < -0.4 is 4.74 Å². The van der Waals surface area contributed by atoms with Gasteiger partial charge < -0.3 is 18.9 Å². The molecule has 0 aromatic carbocycles. The van der Waals surface area contributed by atoms with Crippen molar-refractivity contribution < 1.29 is 18.9 Å². The summed E-state index contributed by atoms with van der Waals surface area (Å²) in [7, 11) is 1.66. The van der Waals surface area contributed by atoms with Gasteiger partial charge in [-0.15, -0.1) is 0 Å². The van der Waals surface area contributed by atoms with Crippen molar-refractivity contribution in [3.05, 3.63) is 23.9 Å². The molecule has 0 N–H and O–H groups in total. The molecule has 6 heteroatoms. The lowest BCUT2D eigenvalue weighted by Gasteiger charge is -2.46. The van der Waals surface area contributed by atoms with E-state index in [2.05, 4.69) is 29.8 Å². The average Bonchev–Trinajstić information content (AvgIpc) is 2.68. The van der Waals surface area contributed by atoms with E-state index in [9.17, 15) is 0 Å². The van der Waals surface area contributed by atoms with Gasteiger partial charge in [-0.1, -0.05) is 6.07 Å². The number of likely N-dealkylation sites (tertiary alicyclic amines) is 1. The fraction of sp³-hybridized carbons (Fsp3) is 0.762. The molecule has 6 nitrogen and oxygen atoms in total. The van der Waals surface area contributed by atoms with E-state index in [1.54, 1.807) is 7.11 Å². The normalized spacial score (nSPS) is 23.0. The number of aromatic nitrogens is 1. The number of rotatable bonds is 8. The Hall–Kier alpha value is -1.21. The second-order valence-corrected chi connectivity index (χ2v) is 7.88. The molecule has 2 fully saturated rings. The van der Waals surface area contributed by atoms with E-state index in [0.717, 1.165) is 57.6 Å². The van der Waals surface area contributed by atoms with E-state index in [0.29, 0.717) is 25.2 Å². The van der Waals surface area contributed by atoms with Crippen LogP contribution in [0.1, 0.15) is 45.2 Å². The first-order chi connectivity index (χ1) is 13.1. The Bertz CT molecular complexity index is 573. The second-order valence-electron chi connectivity index (χ2n) is 7.88. The minimum absolute atomic E-state index is 0.0138. The van der Waals surface area contributed by atoms with Crippen LogP contribution in [0.3, 0.4) is 0 Å². The Morgan fingerprint density at radius 1 is 1.26 bits per heavy atom. The van der Waals surface area contributed by atoms with Crippen molar-refractivity contribution >= 4 is 0 Å². The molecular formula is C21H34N2O4. The maximum Gasteiger partial charge on any atom is 0.213 e. The summed E-state index contributed by atoms with van der Waals surface area (Å²) in [5.41, 5.74) is 1.04. The van der Waals surface area contributed by atoms with Crippen LogP contribution in [-0.2, 0) is 20.8 Å². The molecule has 1 aromatic heterocycles. The largest absolute Gasteiger partial charge is 0.481 e. The molecule has 1 aromatic rings. The molecular weight excluding hydrogens is 344 g/mol. The van der Waals surface area contributed by atoms with Gasteiger partial charge in [-0.3, -0.25) is 4.90 Å². The van der Waals surface area contributed by atoms with Crippen LogP contribution in [0, 0.1) is 0 Å². The Morgan fingerprint density at radius 3 is 2.81 bits per heavy atom. The van der Waals surface area contributed by atoms with E-state index in [4.69, 9.17) is 18.9 Å². The van der Waals surface area contributed by atoms with Crippen LogP contribution in [0.25, 0.3) is 0 Å². The molecule has 2 saturated heterocycles. The zero-order valence-electron chi connectivity index (χ0n) is 17.0. The topological polar surface area (TPSA) is 53.1 Å². The maximum absolute atomic E-state index is 6.24. The quantitative estimate of drug-likeness (QED) is 0.648. The van der Waals surface area contributed by atoms with Gasteiger partial charge in [0, 0.05) is 38.7 Å². The van der Waals surface area contributed by atoms with Crippen LogP contribution in [0.4, 0.5) is 0 Å². The number of pyridine rings is 1. The summed E-state index contributed by atoms with van der Waals surface area (Å²) >= 11 is 0. The minimum Gasteiger partial charge on any atom is -0.481 e. The van der Waals surface area contributed by atoms with Gasteiger partial charge >= 0.3 is 0 Å². The molecule has 0 aliphatic carbocycles. The summed E-state index contributed by atoms with van der Waals surface area (Å²) in [6.45, 7) is 9.17. The molecule has 2 aliphatic heterocycles. The minimum atomic E-state index is -0.0138. The van der Waals surface area contributed by atoms with Crippen LogP contribution >= 0.6 is 0 Å². The Balaban J connectivity index is 1.44. The van der Waals surface area contributed by atoms with E-state index in [1.165, 1.54) is 0 Å².